The number of nitrogen functional groups attached to an aromatic ring is 2. The lowest BCUT2D eigenvalue weighted by molar-refractivity contribution is 1.29. The minimum atomic E-state index is 0.427. The molecular formula is C9H10N4. The van der Waals surface area contributed by atoms with Gasteiger partial charge in [-0.15, -0.1) is 0 Å². The van der Waals surface area contributed by atoms with Gasteiger partial charge < -0.3 is 11.5 Å². The van der Waals surface area contributed by atoms with Gasteiger partial charge in [-0.1, -0.05) is 0 Å². The molecule has 66 valence electrons. The predicted octanol–water partition coefficient (Wildman–Crippen LogP) is 1.10. The summed E-state index contributed by atoms with van der Waals surface area (Å²) in [5.74, 6) is 0.427. The molecule has 0 atom stereocenters. The molecule has 2 rings (SSSR count). The number of aryl methyl sites for hydroxylation is 1. The van der Waals surface area contributed by atoms with Crippen molar-refractivity contribution in [3.63, 3.8) is 0 Å². The van der Waals surface area contributed by atoms with Crippen LogP contribution in [-0.4, -0.2) is 9.97 Å². The molecular weight excluding hydrogens is 164 g/mol. The molecule has 0 aliphatic heterocycles. The molecule has 0 unspecified atom stereocenters. The highest BCUT2D eigenvalue weighted by atomic mass is 14.9. The first-order chi connectivity index (χ1) is 6.16. The molecule has 0 saturated carbocycles. The number of nitrogens with zero attached hydrogens (tertiary/aromatic N) is 2. The molecule has 0 aliphatic rings. The third-order valence-electron chi connectivity index (χ3n) is 1.95. The molecule has 1 heterocycles. The molecule has 0 bridgehead atoms. The highest BCUT2D eigenvalue weighted by Crippen LogP contribution is 2.18. The highest BCUT2D eigenvalue weighted by molar-refractivity contribution is 5.80. The maximum atomic E-state index is 5.72. The summed E-state index contributed by atoms with van der Waals surface area (Å²) >= 11 is 0. The number of anilines is 2. The lowest BCUT2D eigenvalue weighted by Crippen LogP contribution is -1.95. The van der Waals surface area contributed by atoms with Crippen LogP contribution in [-0.2, 0) is 0 Å². The van der Waals surface area contributed by atoms with E-state index in [1.165, 1.54) is 6.20 Å². The molecule has 0 aliphatic carbocycles. The number of nitrogens with two attached hydrogens (primary N) is 2. The Balaban J connectivity index is 2.81. The molecule has 0 amide bonds. The number of benzene rings is 1. The maximum absolute atomic E-state index is 5.72. The normalized spacial score (nSPS) is 10.5. The predicted molar refractivity (Wildman–Crippen MR) is 53.1 cm³/mol. The Morgan fingerprint density at radius 1 is 1.15 bits per heavy atom. The van der Waals surface area contributed by atoms with Gasteiger partial charge >= 0.3 is 0 Å². The number of aromatic nitrogens is 2. The van der Waals surface area contributed by atoms with Gasteiger partial charge in [0.1, 0.15) is 5.82 Å². The Morgan fingerprint density at radius 2 is 1.92 bits per heavy atom. The van der Waals surface area contributed by atoms with E-state index < -0.39 is 0 Å². The summed E-state index contributed by atoms with van der Waals surface area (Å²) in [7, 11) is 0. The highest BCUT2D eigenvalue weighted by Gasteiger charge is 2.00. The second-order valence-electron chi connectivity index (χ2n) is 2.99. The first-order valence-electron chi connectivity index (χ1n) is 3.95. The molecule has 4 heteroatoms. The van der Waals surface area contributed by atoms with Crippen molar-refractivity contribution >= 4 is 22.5 Å². The fourth-order valence-corrected chi connectivity index (χ4v) is 1.19. The van der Waals surface area contributed by atoms with Crippen LogP contribution < -0.4 is 11.5 Å². The van der Waals surface area contributed by atoms with Crippen molar-refractivity contribution < 1.29 is 0 Å². The molecule has 0 saturated heterocycles. The summed E-state index contributed by atoms with van der Waals surface area (Å²) in [4.78, 5) is 8.25. The largest absolute Gasteiger partial charge is 0.398 e. The number of hydrogen-bond donors (Lipinski definition) is 2. The SMILES string of the molecule is Cc1cc2nc(N)cnc2cc1N. The number of fused-ring (bicyclic) bond motifs is 1. The van der Waals surface area contributed by atoms with Crippen LogP contribution in [0, 0.1) is 6.92 Å². The third-order valence-corrected chi connectivity index (χ3v) is 1.95. The molecule has 0 fully saturated rings. The number of rotatable bonds is 0. The quantitative estimate of drug-likeness (QED) is 0.586. The molecule has 1 aromatic carbocycles. The Hall–Kier alpha value is -1.84. The Kier molecular flexibility index (Phi) is 1.55. The smallest absolute Gasteiger partial charge is 0.142 e. The first-order valence-corrected chi connectivity index (χ1v) is 3.95. The van der Waals surface area contributed by atoms with E-state index in [0.717, 1.165) is 22.3 Å². The van der Waals surface area contributed by atoms with Gasteiger partial charge in [-0.2, -0.15) is 0 Å². The van der Waals surface area contributed by atoms with Crippen molar-refractivity contribution in [2.24, 2.45) is 0 Å². The Morgan fingerprint density at radius 3 is 2.69 bits per heavy atom. The van der Waals surface area contributed by atoms with Gasteiger partial charge in [0.25, 0.3) is 0 Å². The lowest BCUT2D eigenvalue weighted by Gasteiger charge is -2.02. The summed E-state index contributed by atoms with van der Waals surface area (Å²) < 4.78 is 0. The van der Waals surface area contributed by atoms with Crippen LogP contribution in [0.15, 0.2) is 18.3 Å². The molecule has 0 spiro atoms. The van der Waals surface area contributed by atoms with Gasteiger partial charge in [0.2, 0.25) is 0 Å². The summed E-state index contributed by atoms with van der Waals surface area (Å²) in [5.41, 5.74) is 14.5. The van der Waals surface area contributed by atoms with Crippen molar-refractivity contribution in [3.05, 3.63) is 23.9 Å². The minimum Gasteiger partial charge on any atom is -0.398 e. The van der Waals surface area contributed by atoms with E-state index in [1.54, 1.807) is 6.07 Å². The van der Waals surface area contributed by atoms with Gasteiger partial charge in [-0.3, -0.25) is 4.98 Å². The summed E-state index contributed by atoms with van der Waals surface area (Å²) in [6.07, 6.45) is 1.52. The van der Waals surface area contributed by atoms with E-state index in [0.29, 0.717) is 5.82 Å². The van der Waals surface area contributed by atoms with E-state index in [1.807, 2.05) is 13.0 Å². The van der Waals surface area contributed by atoms with Crippen molar-refractivity contribution in [1.82, 2.24) is 9.97 Å². The molecule has 1 aromatic heterocycles. The van der Waals surface area contributed by atoms with Gasteiger partial charge in [0, 0.05) is 5.69 Å². The standard InChI is InChI=1S/C9H10N4/c1-5-2-8-7(3-6(5)10)12-4-9(11)13-8/h2-4H,10H2,1H3,(H2,11,13). The summed E-state index contributed by atoms with van der Waals surface area (Å²) in [6, 6.07) is 3.69. The maximum Gasteiger partial charge on any atom is 0.142 e. The Bertz CT molecular complexity index is 464. The van der Waals surface area contributed by atoms with E-state index in [4.69, 9.17) is 11.5 Å². The van der Waals surface area contributed by atoms with Crippen molar-refractivity contribution in [3.8, 4) is 0 Å². The van der Waals surface area contributed by atoms with Crippen molar-refractivity contribution in [2.45, 2.75) is 6.92 Å². The van der Waals surface area contributed by atoms with Crippen LogP contribution >= 0.6 is 0 Å². The topological polar surface area (TPSA) is 77.8 Å². The molecule has 13 heavy (non-hydrogen) atoms. The second kappa shape index (κ2) is 2.58. The third kappa shape index (κ3) is 1.26. The first kappa shape index (κ1) is 7.79. The minimum absolute atomic E-state index is 0.427. The molecule has 0 radical (unpaired) electrons. The molecule has 2 aromatic rings. The van der Waals surface area contributed by atoms with Crippen LogP contribution in [0.5, 0.6) is 0 Å². The van der Waals surface area contributed by atoms with E-state index in [9.17, 15) is 0 Å². The van der Waals surface area contributed by atoms with Crippen LogP contribution in [0.2, 0.25) is 0 Å². The van der Waals surface area contributed by atoms with E-state index in [2.05, 4.69) is 9.97 Å². The van der Waals surface area contributed by atoms with Gasteiger partial charge in [-0.25, -0.2) is 4.98 Å². The average Bonchev–Trinajstić information content (AvgIpc) is 2.08. The van der Waals surface area contributed by atoms with Crippen LogP contribution in [0.4, 0.5) is 11.5 Å². The Labute approximate surface area is 75.6 Å². The number of hydrogen-bond acceptors (Lipinski definition) is 4. The van der Waals surface area contributed by atoms with Gasteiger partial charge in [0.15, 0.2) is 0 Å². The second-order valence-corrected chi connectivity index (χ2v) is 2.99. The van der Waals surface area contributed by atoms with Crippen LogP contribution in [0.25, 0.3) is 11.0 Å². The van der Waals surface area contributed by atoms with Crippen molar-refractivity contribution in [2.75, 3.05) is 11.5 Å². The van der Waals surface area contributed by atoms with Crippen LogP contribution in [0.1, 0.15) is 5.56 Å². The zero-order valence-electron chi connectivity index (χ0n) is 7.28. The molecule has 4 N–H and O–H groups in total. The van der Waals surface area contributed by atoms with Gasteiger partial charge in [-0.05, 0) is 24.6 Å². The monoisotopic (exact) mass is 174 g/mol. The van der Waals surface area contributed by atoms with E-state index in [-0.39, 0.29) is 0 Å². The lowest BCUT2D eigenvalue weighted by atomic mass is 10.2. The van der Waals surface area contributed by atoms with E-state index >= 15 is 0 Å². The summed E-state index contributed by atoms with van der Waals surface area (Å²) in [6.45, 7) is 1.93. The zero-order chi connectivity index (χ0) is 9.42. The fraction of sp³-hybridized carbons (Fsp3) is 0.111. The molecule has 4 nitrogen and oxygen atoms in total. The summed E-state index contributed by atoms with van der Waals surface area (Å²) in [5, 5.41) is 0. The average molecular weight is 174 g/mol. The fourth-order valence-electron chi connectivity index (χ4n) is 1.19. The zero-order valence-corrected chi connectivity index (χ0v) is 7.28. The van der Waals surface area contributed by atoms with Gasteiger partial charge in [0.05, 0.1) is 17.2 Å². The van der Waals surface area contributed by atoms with Crippen LogP contribution in [0.3, 0.4) is 0 Å². The van der Waals surface area contributed by atoms with Crippen molar-refractivity contribution in [1.29, 1.82) is 0 Å².